The summed E-state index contributed by atoms with van der Waals surface area (Å²) >= 11 is 0. The molecule has 1 amide bonds. The van der Waals surface area contributed by atoms with Gasteiger partial charge in [-0.15, -0.1) is 0 Å². The average Bonchev–Trinajstić information content (AvgIpc) is 2.53. The second kappa shape index (κ2) is 7.53. The van der Waals surface area contributed by atoms with Gasteiger partial charge in [0.1, 0.15) is 0 Å². The molecule has 5 nitrogen and oxygen atoms in total. The molecular weight excluding hydrogens is 302 g/mol. The number of hydrogen-bond acceptors (Lipinski definition) is 4. The van der Waals surface area contributed by atoms with E-state index in [9.17, 15) is 9.90 Å². The fourth-order valence-corrected chi connectivity index (χ4v) is 3.18. The van der Waals surface area contributed by atoms with E-state index in [1.807, 2.05) is 24.3 Å². The number of carbonyl (C=O) groups is 1. The van der Waals surface area contributed by atoms with Crippen LogP contribution in [0, 0.1) is 0 Å². The minimum atomic E-state index is -0.888. The smallest absolute Gasteiger partial charge is 0.253 e. The molecule has 134 valence electrons. The molecule has 0 saturated carbocycles. The van der Waals surface area contributed by atoms with Crippen LogP contribution in [0.4, 0.5) is 5.69 Å². The Bertz CT molecular complexity index is 541. The van der Waals surface area contributed by atoms with Gasteiger partial charge in [0.15, 0.2) is 0 Å². The highest BCUT2D eigenvalue weighted by molar-refractivity contribution is 5.94. The summed E-state index contributed by atoms with van der Waals surface area (Å²) in [5.74, 6) is -0.0618. The first kappa shape index (κ1) is 18.7. The van der Waals surface area contributed by atoms with Gasteiger partial charge in [-0.3, -0.25) is 9.69 Å². The largest absolute Gasteiger partial charge is 0.389 e. The highest BCUT2D eigenvalue weighted by Gasteiger charge is 2.21. The van der Waals surface area contributed by atoms with Crippen molar-refractivity contribution in [3.8, 4) is 0 Å². The molecule has 1 aromatic carbocycles. The number of anilines is 1. The molecule has 0 bridgehead atoms. The fraction of sp³-hybridized carbons (Fsp3) is 0.632. The van der Waals surface area contributed by atoms with Gasteiger partial charge in [-0.05, 0) is 52.0 Å². The molecule has 1 N–H and O–H groups in total. The van der Waals surface area contributed by atoms with Crippen LogP contribution < -0.4 is 4.90 Å². The summed E-state index contributed by atoms with van der Waals surface area (Å²) in [6.07, 6.45) is 0. The van der Waals surface area contributed by atoms with Crippen LogP contribution in [0.25, 0.3) is 0 Å². The minimum Gasteiger partial charge on any atom is -0.389 e. The van der Waals surface area contributed by atoms with Crippen molar-refractivity contribution < 1.29 is 9.90 Å². The van der Waals surface area contributed by atoms with Crippen molar-refractivity contribution in [1.82, 2.24) is 9.80 Å². The number of carbonyl (C=O) groups excluding carboxylic acids is 1. The van der Waals surface area contributed by atoms with Crippen LogP contribution in [-0.2, 0) is 0 Å². The zero-order valence-corrected chi connectivity index (χ0v) is 15.6. The number of piperazine rings is 1. The van der Waals surface area contributed by atoms with Gasteiger partial charge in [0.25, 0.3) is 5.91 Å². The lowest BCUT2D eigenvalue weighted by Crippen LogP contribution is -2.48. The zero-order chi connectivity index (χ0) is 17.9. The lowest BCUT2D eigenvalue weighted by molar-refractivity contribution is 0.0368. The van der Waals surface area contributed by atoms with Gasteiger partial charge in [-0.2, -0.15) is 0 Å². The molecular formula is C19H31N3O2. The van der Waals surface area contributed by atoms with Crippen molar-refractivity contribution in [1.29, 1.82) is 0 Å². The van der Waals surface area contributed by atoms with Gasteiger partial charge in [0.2, 0.25) is 0 Å². The van der Waals surface area contributed by atoms with E-state index in [1.54, 1.807) is 25.8 Å². The van der Waals surface area contributed by atoms with Crippen LogP contribution in [0.2, 0.25) is 0 Å². The molecule has 1 heterocycles. The van der Waals surface area contributed by atoms with Crippen LogP contribution in [0.1, 0.15) is 38.1 Å². The van der Waals surface area contributed by atoms with Crippen LogP contribution >= 0.6 is 0 Å². The molecule has 2 rings (SSSR count). The van der Waals surface area contributed by atoms with Gasteiger partial charge in [0.05, 0.1) is 5.60 Å². The number of nitrogens with zero attached hydrogens (tertiary/aromatic N) is 3. The molecule has 0 spiro atoms. The molecule has 0 radical (unpaired) electrons. The van der Waals surface area contributed by atoms with Crippen molar-refractivity contribution in [3.63, 3.8) is 0 Å². The van der Waals surface area contributed by atoms with E-state index in [-0.39, 0.29) is 5.91 Å². The summed E-state index contributed by atoms with van der Waals surface area (Å²) in [6, 6.07) is 8.41. The Morgan fingerprint density at radius 2 is 1.71 bits per heavy atom. The Balaban J connectivity index is 1.97. The van der Waals surface area contributed by atoms with E-state index in [2.05, 4.69) is 23.6 Å². The molecule has 0 atom stereocenters. The zero-order valence-electron chi connectivity index (χ0n) is 15.6. The van der Waals surface area contributed by atoms with Gasteiger partial charge in [-0.1, -0.05) is 0 Å². The third-order valence-electron chi connectivity index (χ3n) is 4.49. The van der Waals surface area contributed by atoms with E-state index in [0.29, 0.717) is 18.2 Å². The Morgan fingerprint density at radius 3 is 2.17 bits per heavy atom. The maximum absolute atomic E-state index is 12.4. The number of aliphatic hydroxyl groups is 1. The molecule has 24 heavy (non-hydrogen) atoms. The molecule has 1 aliphatic rings. The average molecular weight is 333 g/mol. The van der Waals surface area contributed by atoms with Crippen molar-refractivity contribution in [2.24, 2.45) is 0 Å². The van der Waals surface area contributed by atoms with Crippen LogP contribution in [0.15, 0.2) is 24.3 Å². The second-order valence-electron chi connectivity index (χ2n) is 7.64. The lowest BCUT2D eigenvalue weighted by Gasteiger charge is -2.38. The topological polar surface area (TPSA) is 47.0 Å². The maximum Gasteiger partial charge on any atom is 0.253 e. The highest BCUT2D eigenvalue weighted by atomic mass is 16.3. The number of hydrogen-bond donors (Lipinski definition) is 1. The predicted octanol–water partition coefficient (Wildman–Crippen LogP) is 2.06. The normalized spacial score (nSPS) is 16.5. The van der Waals surface area contributed by atoms with E-state index < -0.39 is 5.60 Å². The fourth-order valence-electron chi connectivity index (χ4n) is 3.18. The summed E-state index contributed by atoms with van der Waals surface area (Å²) in [4.78, 5) is 18.8. The van der Waals surface area contributed by atoms with E-state index >= 15 is 0 Å². The van der Waals surface area contributed by atoms with E-state index in [4.69, 9.17) is 0 Å². The van der Waals surface area contributed by atoms with Crippen LogP contribution in [0.3, 0.4) is 0 Å². The summed E-state index contributed by atoms with van der Waals surface area (Å²) in [5, 5.41) is 9.85. The second-order valence-corrected chi connectivity index (χ2v) is 7.64. The summed E-state index contributed by atoms with van der Waals surface area (Å²) in [6.45, 7) is 12.4. The van der Waals surface area contributed by atoms with Crippen molar-refractivity contribution in [3.05, 3.63) is 29.8 Å². The summed E-state index contributed by atoms with van der Waals surface area (Å²) in [7, 11) is 1.72. The van der Waals surface area contributed by atoms with Gasteiger partial charge in [-0.25, -0.2) is 0 Å². The third kappa shape index (κ3) is 4.95. The third-order valence-corrected chi connectivity index (χ3v) is 4.49. The van der Waals surface area contributed by atoms with Crippen molar-refractivity contribution >= 4 is 11.6 Å². The predicted molar refractivity (Wildman–Crippen MR) is 98.6 cm³/mol. The van der Waals surface area contributed by atoms with E-state index in [0.717, 1.165) is 26.2 Å². The molecule has 0 aliphatic carbocycles. The first-order valence-corrected chi connectivity index (χ1v) is 8.74. The molecule has 1 aliphatic heterocycles. The van der Waals surface area contributed by atoms with Crippen LogP contribution in [0.5, 0.6) is 0 Å². The monoisotopic (exact) mass is 333 g/mol. The molecule has 1 fully saturated rings. The highest BCUT2D eigenvalue weighted by Crippen LogP contribution is 2.19. The summed E-state index contributed by atoms with van der Waals surface area (Å²) in [5.41, 5.74) is 0.937. The molecule has 1 aromatic rings. The van der Waals surface area contributed by atoms with Crippen molar-refractivity contribution in [2.45, 2.75) is 39.3 Å². The number of rotatable bonds is 5. The lowest BCUT2D eigenvalue weighted by atomic mass is 10.1. The molecule has 1 saturated heterocycles. The first-order valence-electron chi connectivity index (χ1n) is 8.74. The molecule has 5 heteroatoms. The minimum absolute atomic E-state index is 0.0618. The quantitative estimate of drug-likeness (QED) is 0.896. The number of amides is 1. The van der Waals surface area contributed by atoms with Crippen molar-refractivity contribution in [2.75, 3.05) is 44.7 Å². The Hall–Kier alpha value is -1.59. The first-order chi connectivity index (χ1) is 11.2. The molecule has 0 unspecified atom stereocenters. The van der Waals surface area contributed by atoms with Gasteiger partial charge in [0, 0.05) is 57.1 Å². The number of benzene rings is 1. The Kier molecular flexibility index (Phi) is 5.88. The standard InChI is InChI=1S/C19H31N3O2/c1-15(2)21-10-12-22(13-11-21)17-8-6-16(7-9-17)18(23)20(5)14-19(3,4)24/h6-9,15,24H,10-14H2,1-5H3. The SMILES string of the molecule is CC(C)N1CCN(c2ccc(C(=O)N(C)CC(C)(C)O)cc2)CC1. The van der Waals surface area contributed by atoms with Gasteiger partial charge >= 0.3 is 0 Å². The molecule has 0 aromatic heterocycles. The number of likely N-dealkylation sites (N-methyl/N-ethyl adjacent to an activating group) is 1. The van der Waals surface area contributed by atoms with E-state index in [1.165, 1.54) is 5.69 Å². The summed E-state index contributed by atoms with van der Waals surface area (Å²) < 4.78 is 0. The maximum atomic E-state index is 12.4. The van der Waals surface area contributed by atoms with Gasteiger partial charge < -0.3 is 14.9 Å². The Labute approximate surface area is 145 Å². The van der Waals surface area contributed by atoms with Crippen LogP contribution in [-0.4, -0.2) is 72.2 Å². The Morgan fingerprint density at radius 1 is 1.17 bits per heavy atom.